The second-order valence-corrected chi connectivity index (χ2v) is 6.03. The maximum Gasteiger partial charge on any atom is 0.337 e. The van der Waals surface area contributed by atoms with Crippen molar-refractivity contribution in [2.24, 2.45) is 11.8 Å². The Morgan fingerprint density at radius 1 is 1.33 bits per heavy atom. The standard InChI is InChI=1S/C17H22O4/c1-20-17(19)12-4-2-3-11(9-12)5-6-13-14(10-18)16-8-7-15(13)21-16/h2-4,9,13-16,18H,5-8,10H2,1H3/t13-,14+,15+,16-/m1/s1. The Morgan fingerprint density at radius 2 is 2.10 bits per heavy atom. The van der Waals surface area contributed by atoms with Crippen molar-refractivity contribution < 1.29 is 19.4 Å². The van der Waals surface area contributed by atoms with Gasteiger partial charge in [-0.3, -0.25) is 0 Å². The monoisotopic (exact) mass is 290 g/mol. The number of fused-ring (bicyclic) bond motifs is 2. The fourth-order valence-corrected chi connectivity index (χ4v) is 3.83. The minimum Gasteiger partial charge on any atom is -0.465 e. The molecule has 4 heteroatoms. The van der Waals surface area contributed by atoms with Gasteiger partial charge in [0.1, 0.15) is 0 Å². The molecule has 0 amide bonds. The smallest absolute Gasteiger partial charge is 0.337 e. The van der Waals surface area contributed by atoms with Gasteiger partial charge in [-0.2, -0.15) is 0 Å². The molecule has 3 rings (SSSR count). The van der Waals surface area contributed by atoms with Gasteiger partial charge in [0.15, 0.2) is 0 Å². The maximum atomic E-state index is 11.6. The van der Waals surface area contributed by atoms with E-state index in [1.807, 2.05) is 18.2 Å². The molecule has 1 N–H and O–H groups in total. The zero-order chi connectivity index (χ0) is 14.8. The Balaban J connectivity index is 1.64. The number of carbonyl (C=O) groups is 1. The second kappa shape index (κ2) is 6.16. The predicted octanol–water partition coefficient (Wildman–Crippen LogP) is 2.19. The van der Waals surface area contributed by atoms with Gasteiger partial charge in [-0.05, 0) is 49.3 Å². The van der Waals surface area contributed by atoms with Crippen molar-refractivity contribution in [1.29, 1.82) is 0 Å². The highest BCUT2D eigenvalue weighted by molar-refractivity contribution is 5.89. The third-order valence-corrected chi connectivity index (χ3v) is 4.92. The first kappa shape index (κ1) is 14.5. The lowest BCUT2D eigenvalue weighted by Crippen LogP contribution is -2.30. The number of rotatable bonds is 5. The average molecular weight is 290 g/mol. The molecule has 2 saturated heterocycles. The summed E-state index contributed by atoms with van der Waals surface area (Å²) in [5.41, 5.74) is 1.73. The molecule has 2 fully saturated rings. The first-order valence-electron chi connectivity index (χ1n) is 7.66. The van der Waals surface area contributed by atoms with Gasteiger partial charge in [0.2, 0.25) is 0 Å². The Labute approximate surface area is 125 Å². The van der Waals surface area contributed by atoms with Crippen LogP contribution in [0.5, 0.6) is 0 Å². The number of esters is 1. The van der Waals surface area contributed by atoms with Crippen LogP contribution in [0.25, 0.3) is 0 Å². The number of benzene rings is 1. The van der Waals surface area contributed by atoms with Crippen LogP contribution in [0.4, 0.5) is 0 Å². The number of methoxy groups -OCH3 is 1. The van der Waals surface area contributed by atoms with Crippen LogP contribution in [0, 0.1) is 11.8 Å². The molecule has 4 nitrogen and oxygen atoms in total. The lowest BCUT2D eigenvalue weighted by atomic mass is 9.77. The number of hydrogen-bond acceptors (Lipinski definition) is 4. The minimum atomic E-state index is -0.298. The first-order chi connectivity index (χ1) is 10.2. The molecule has 0 aliphatic carbocycles. The number of ether oxygens (including phenoxy) is 2. The van der Waals surface area contributed by atoms with E-state index >= 15 is 0 Å². The molecule has 21 heavy (non-hydrogen) atoms. The third-order valence-electron chi connectivity index (χ3n) is 4.92. The molecule has 1 aromatic rings. The van der Waals surface area contributed by atoms with Crippen molar-refractivity contribution in [3.05, 3.63) is 35.4 Å². The number of carbonyl (C=O) groups excluding carboxylic acids is 1. The molecular weight excluding hydrogens is 268 g/mol. The number of aliphatic hydroxyl groups excluding tert-OH is 1. The van der Waals surface area contributed by atoms with E-state index in [1.54, 1.807) is 6.07 Å². The number of hydrogen-bond donors (Lipinski definition) is 1. The molecule has 114 valence electrons. The summed E-state index contributed by atoms with van der Waals surface area (Å²) in [4.78, 5) is 11.6. The maximum absolute atomic E-state index is 11.6. The number of aliphatic hydroxyl groups is 1. The van der Waals surface area contributed by atoms with E-state index in [0.29, 0.717) is 17.6 Å². The van der Waals surface area contributed by atoms with E-state index in [-0.39, 0.29) is 24.6 Å². The largest absolute Gasteiger partial charge is 0.465 e. The Kier molecular flexibility index (Phi) is 4.27. The summed E-state index contributed by atoms with van der Waals surface area (Å²) in [5, 5.41) is 9.56. The van der Waals surface area contributed by atoms with Crippen LogP contribution in [0.2, 0.25) is 0 Å². The van der Waals surface area contributed by atoms with E-state index < -0.39 is 0 Å². The van der Waals surface area contributed by atoms with Crippen LogP contribution < -0.4 is 0 Å². The van der Waals surface area contributed by atoms with Crippen molar-refractivity contribution in [2.45, 2.75) is 37.9 Å². The fourth-order valence-electron chi connectivity index (χ4n) is 3.83. The lowest BCUT2D eigenvalue weighted by molar-refractivity contribution is 0.0600. The van der Waals surface area contributed by atoms with Crippen LogP contribution in [-0.4, -0.2) is 37.0 Å². The van der Waals surface area contributed by atoms with Gasteiger partial charge >= 0.3 is 5.97 Å². The van der Waals surface area contributed by atoms with Crippen LogP contribution in [0.3, 0.4) is 0 Å². The molecule has 2 aliphatic rings. The van der Waals surface area contributed by atoms with Gasteiger partial charge in [0, 0.05) is 12.5 Å². The van der Waals surface area contributed by atoms with E-state index in [0.717, 1.165) is 31.2 Å². The quantitative estimate of drug-likeness (QED) is 0.845. The van der Waals surface area contributed by atoms with E-state index in [1.165, 1.54) is 7.11 Å². The van der Waals surface area contributed by atoms with Gasteiger partial charge < -0.3 is 14.6 Å². The minimum absolute atomic E-state index is 0.216. The van der Waals surface area contributed by atoms with Gasteiger partial charge in [0.05, 0.1) is 24.9 Å². The van der Waals surface area contributed by atoms with Crippen molar-refractivity contribution in [3.8, 4) is 0 Å². The van der Waals surface area contributed by atoms with Crippen LogP contribution in [-0.2, 0) is 15.9 Å². The highest BCUT2D eigenvalue weighted by Gasteiger charge is 2.47. The summed E-state index contributed by atoms with van der Waals surface area (Å²) in [5.74, 6) is 0.427. The molecule has 0 spiro atoms. The van der Waals surface area contributed by atoms with E-state index in [2.05, 4.69) is 0 Å². The zero-order valence-electron chi connectivity index (χ0n) is 12.3. The van der Waals surface area contributed by atoms with Gasteiger partial charge in [0.25, 0.3) is 0 Å². The Bertz CT molecular complexity index is 513. The summed E-state index contributed by atoms with van der Waals surface area (Å²) in [7, 11) is 1.40. The van der Waals surface area contributed by atoms with Crippen molar-refractivity contribution >= 4 is 5.97 Å². The Morgan fingerprint density at radius 3 is 2.81 bits per heavy atom. The molecule has 0 radical (unpaired) electrons. The summed E-state index contributed by atoms with van der Waals surface area (Å²) < 4.78 is 10.7. The third kappa shape index (κ3) is 2.83. The first-order valence-corrected chi connectivity index (χ1v) is 7.66. The zero-order valence-corrected chi connectivity index (χ0v) is 12.3. The SMILES string of the molecule is COC(=O)c1cccc(CC[C@@H]2[C@H](CO)[C@H]3CC[C@@H]2O3)c1. The van der Waals surface area contributed by atoms with Crippen molar-refractivity contribution in [3.63, 3.8) is 0 Å². The molecule has 1 aromatic carbocycles. The van der Waals surface area contributed by atoms with Gasteiger partial charge in [-0.1, -0.05) is 12.1 Å². The van der Waals surface area contributed by atoms with Crippen LogP contribution >= 0.6 is 0 Å². The molecule has 2 heterocycles. The molecule has 2 bridgehead atoms. The molecule has 2 aliphatic heterocycles. The average Bonchev–Trinajstić information content (AvgIpc) is 3.13. The van der Waals surface area contributed by atoms with Crippen LogP contribution in [0.15, 0.2) is 24.3 Å². The van der Waals surface area contributed by atoms with E-state index in [4.69, 9.17) is 9.47 Å². The summed E-state index contributed by atoms with van der Waals surface area (Å²) in [6, 6.07) is 7.59. The van der Waals surface area contributed by atoms with Crippen molar-refractivity contribution in [1.82, 2.24) is 0 Å². The molecule has 0 saturated carbocycles. The van der Waals surface area contributed by atoms with Crippen molar-refractivity contribution in [2.75, 3.05) is 13.7 Å². The highest BCUT2D eigenvalue weighted by atomic mass is 16.5. The lowest BCUT2D eigenvalue weighted by Gasteiger charge is -2.26. The van der Waals surface area contributed by atoms with E-state index in [9.17, 15) is 9.90 Å². The highest BCUT2D eigenvalue weighted by Crippen LogP contribution is 2.45. The molecule has 4 atom stereocenters. The molecule has 0 aromatic heterocycles. The van der Waals surface area contributed by atoms with Crippen LogP contribution in [0.1, 0.15) is 35.2 Å². The summed E-state index contributed by atoms with van der Waals surface area (Å²) in [6.07, 6.45) is 4.68. The topological polar surface area (TPSA) is 55.8 Å². The second-order valence-electron chi connectivity index (χ2n) is 6.03. The Hall–Kier alpha value is -1.39. The predicted molar refractivity (Wildman–Crippen MR) is 78.1 cm³/mol. The van der Waals surface area contributed by atoms with Gasteiger partial charge in [-0.15, -0.1) is 0 Å². The summed E-state index contributed by atoms with van der Waals surface area (Å²) >= 11 is 0. The normalized spacial score (nSPS) is 30.6. The fraction of sp³-hybridized carbons (Fsp3) is 0.588. The van der Waals surface area contributed by atoms with Gasteiger partial charge in [-0.25, -0.2) is 4.79 Å². The summed E-state index contributed by atoms with van der Waals surface area (Å²) in [6.45, 7) is 0.216. The molecular formula is C17H22O4. The number of aryl methyl sites for hydroxylation is 1. The molecule has 0 unspecified atom stereocenters.